The van der Waals surface area contributed by atoms with Crippen molar-refractivity contribution in [2.24, 2.45) is 0 Å². The van der Waals surface area contributed by atoms with Crippen LogP contribution in [0.1, 0.15) is 12.5 Å². The molecule has 0 saturated carbocycles. The monoisotopic (exact) mass is 293 g/mol. The van der Waals surface area contributed by atoms with Crippen molar-refractivity contribution in [3.05, 3.63) is 64.9 Å². The third-order valence-electron chi connectivity index (χ3n) is 3.08. The van der Waals surface area contributed by atoms with Crippen LogP contribution in [0.3, 0.4) is 0 Å². The first-order valence-corrected chi connectivity index (χ1v) is 6.33. The van der Waals surface area contributed by atoms with E-state index in [1.165, 1.54) is 31.2 Å². The van der Waals surface area contributed by atoms with Crippen molar-refractivity contribution in [2.45, 2.75) is 12.5 Å². The molecule has 0 spiro atoms. The standard InChI is InChI=1S/C15H13ClFNO2/c1-15(14(19)20,12-4-2-3-5-13(12)16)18-11-8-6-10(17)7-9-11/h2-9,18H,1H3,(H,19,20). The second-order valence-corrected chi connectivity index (χ2v) is 4.95. The smallest absolute Gasteiger partial charge is 0.333 e. The second kappa shape index (κ2) is 5.51. The molecule has 5 heteroatoms. The predicted molar refractivity (Wildman–Crippen MR) is 76.5 cm³/mol. The first-order valence-electron chi connectivity index (χ1n) is 5.95. The molecule has 104 valence electrons. The lowest BCUT2D eigenvalue weighted by molar-refractivity contribution is -0.142. The Hall–Kier alpha value is -2.07. The quantitative estimate of drug-likeness (QED) is 0.899. The van der Waals surface area contributed by atoms with Gasteiger partial charge in [0.2, 0.25) is 0 Å². The van der Waals surface area contributed by atoms with Gasteiger partial charge in [-0.15, -0.1) is 0 Å². The summed E-state index contributed by atoms with van der Waals surface area (Å²) in [4.78, 5) is 11.6. The number of rotatable bonds is 4. The lowest BCUT2D eigenvalue weighted by Crippen LogP contribution is -2.40. The molecule has 0 heterocycles. The van der Waals surface area contributed by atoms with Crippen LogP contribution < -0.4 is 5.32 Å². The minimum Gasteiger partial charge on any atom is -0.479 e. The van der Waals surface area contributed by atoms with Gasteiger partial charge in [-0.25, -0.2) is 9.18 Å². The number of benzene rings is 2. The molecule has 20 heavy (non-hydrogen) atoms. The highest BCUT2D eigenvalue weighted by atomic mass is 35.5. The zero-order valence-electron chi connectivity index (χ0n) is 10.7. The number of halogens is 2. The van der Waals surface area contributed by atoms with Crippen LogP contribution in [-0.4, -0.2) is 11.1 Å². The van der Waals surface area contributed by atoms with Crippen LogP contribution in [0.4, 0.5) is 10.1 Å². The van der Waals surface area contributed by atoms with Gasteiger partial charge in [-0.2, -0.15) is 0 Å². The van der Waals surface area contributed by atoms with E-state index in [9.17, 15) is 14.3 Å². The first kappa shape index (κ1) is 14.3. The van der Waals surface area contributed by atoms with Gasteiger partial charge in [-0.1, -0.05) is 29.8 Å². The second-order valence-electron chi connectivity index (χ2n) is 4.54. The van der Waals surface area contributed by atoms with E-state index in [1.54, 1.807) is 24.3 Å². The maximum absolute atomic E-state index is 12.9. The molecule has 0 aliphatic rings. The summed E-state index contributed by atoms with van der Waals surface area (Å²) in [5.74, 6) is -1.46. The van der Waals surface area contributed by atoms with Crippen LogP contribution in [0.25, 0.3) is 0 Å². The Bertz CT molecular complexity index is 630. The highest BCUT2D eigenvalue weighted by Crippen LogP contribution is 2.31. The van der Waals surface area contributed by atoms with E-state index in [4.69, 9.17) is 11.6 Å². The maximum Gasteiger partial charge on any atom is 0.333 e. The van der Waals surface area contributed by atoms with Crippen molar-refractivity contribution in [3.8, 4) is 0 Å². The Labute approximate surface area is 121 Å². The largest absolute Gasteiger partial charge is 0.479 e. The molecule has 0 amide bonds. The molecule has 0 aliphatic carbocycles. The first-order chi connectivity index (χ1) is 9.43. The van der Waals surface area contributed by atoms with Crippen molar-refractivity contribution in [2.75, 3.05) is 5.32 Å². The van der Waals surface area contributed by atoms with Crippen molar-refractivity contribution >= 4 is 23.3 Å². The zero-order chi connectivity index (χ0) is 14.8. The predicted octanol–water partition coefficient (Wildman–Crippen LogP) is 3.89. The zero-order valence-corrected chi connectivity index (χ0v) is 11.5. The number of hydrogen-bond acceptors (Lipinski definition) is 2. The van der Waals surface area contributed by atoms with Gasteiger partial charge in [0.25, 0.3) is 0 Å². The van der Waals surface area contributed by atoms with Gasteiger partial charge in [-0.05, 0) is 37.3 Å². The van der Waals surface area contributed by atoms with E-state index in [2.05, 4.69) is 5.32 Å². The minimum absolute atomic E-state index is 0.354. The molecule has 0 aromatic heterocycles. The molecule has 0 saturated heterocycles. The number of hydrogen-bond donors (Lipinski definition) is 2. The molecule has 0 fully saturated rings. The number of aliphatic carboxylic acids is 1. The molecule has 2 N–H and O–H groups in total. The highest BCUT2D eigenvalue weighted by Gasteiger charge is 2.36. The molecule has 1 atom stereocenters. The van der Waals surface area contributed by atoms with Gasteiger partial charge < -0.3 is 10.4 Å². The van der Waals surface area contributed by atoms with Crippen LogP contribution in [-0.2, 0) is 10.3 Å². The Morgan fingerprint density at radius 2 is 1.80 bits per heavy atom. The summed E-state index contributed by atoms with van der Waals surface area (Å²) in [7, 11) is 0. The summed E-state index contributed by atoms with van der Waals surface area (Å²) in [5, 5.41) is 12.8. The molecule has 0 bridgehead atoms. The van der Waals surface area contributed by atoms with E-state index < -0.39 is 11.5 Å². The summed E-state index contributed by atoms with van der Waals surface area (Å²) in [6, 6.07) is 12.2. The SMILES string of the molecule is CC(Nc1ccc(F)cc1)(C(=O)O)c1ccccc1Cl. The van der Waals surface area contributed by atoms with Crippen molar-refractivity contribution < 1.29 is 14.3 Å². The van der Waals surface area contributed by atoms with E-state index >= 15 is 0 Å². The molecule has 2 aromatic carbocycles. The number of carboxylic acids is 1. The Balaban J connectivity index is 2.43. The third-order valence-corrected chi connectivity index (χ3v) is 3.41. The number of nitrogens with one attached hydrogen (secondary N) is 1. The van der Waals surface area contributed by atoms with Crippen LogP contribution >= 0.6 is 11.6 Å². The van der Waals surface area contributed by atoms with Gasteiger partial charge >= 0.3 is 5.97 Å². The molecule has 3 nitrogen and oxygen atoms in total. The average molecular weight is 294 g/mol. The summed E-state index contributed by atoms with van der Waals surface area (Å²) in [6.07, 6.45) is 0. The van der Waals surface area contributed by atoms with Crippen LogP contribution in [0.2, 0.25) is 5.02 Å². The van der Waals surface area contributed by atoms with Crippen molar-refractivity contribution in [1.82, 2.24) is 0 Å². The minimum atomic E-state index is -1.41. The maximum atomic E-state index is 12.9. The molecule has 0 aliphatic heterocycles. The van der Waals surface area contributed by atoms with Crippen molar-refractivity contribution in [3.63, 3.8) is 0 Å². The van der Waals surface area contributed by atoms with Gasteiger partial charge in [-0.3, -0.25) is 0 Å². The van der Waals surface area contributed by atoms with Crippen LogP contribution in [0.5, 0.6) is 0 Å². The van der Waals surface area contributed by atoms with Crippen molar-refractivity contribution in [1.29, 1.82) is 0 Å². The molecule has 1 unspecified atom stereocenters. The lowest BCUT2D eigenvalue weighted by atomic mass is 9.91. The molecular weight excluding hydrogens is 281 g/mol. The normalized spacial score (nSPS) is 13.6. The van der Waals surface area contributed by atoms with E-state index in [1.807, 2.05) is 0 Å². The molecule has 2 rings (SSSR count). The van der Waals surface area contributed by atoms with Crippen LogP contribution in [0, 0.1) is 5.82 Å². The summed E-state index contributed by atoms with van der Waals surface area (Å²) in [5.41, 5.74) is -0.467. The molecular formula is C15H13ClFNO2. The number of carbonyl (C=O) groups is 1. The molecule has 2 aromatic rings. The lowest BCUT2D eigenvalue weighted by Gasteiger charge is -2.28. The molecule has 0 radical (unpaired) electrons. The topological polar surface area (TPSA) is 49.3 Å². The fraction of sp³-hybridized carbons (Fsp3) is 0.133. The summed E-state index contributed by atoms with van der Waals surface area (Å²) < 4.78 is 12.9. The number of anilines is 1. The van der Waals surface area contributed by atoms with Gasteiger partial charge in [0.1, 0.15) is 5.82 Å². The highest BCUT2D eigenvalue weighted by molar-refractivity contribution is 6.31. The Kier molecular flexibility index (Phi) is 3.95. The average Bonchev–Trinajstić information content (AvgIpc) is 2.41. The third kappa shape index (κ3) is 2.75. The fourth-order valence-electron chi connectivity index (χ4n) is 1.92. The van der Waals surface area contributed by atoms with E-state index in [-0.39, 0.29) is 5.82 Å². The van der Waals surface area contributed by atoms with E-state index in [0.717, 1.165) is 0 Å². The van der Waals surface area contributed by atoms with Gasteiger partial charge in [0.15, 0.2) is 5.54 Å². The van der Waals surface area contributed by atoms with Gasteiger partial charge in [0, 0.05) is 16.3 Å². The Morgan fingerprint density at radius 3 is 2.35 bits per heavy atom. The fourth-order valence-corrected chi connectivity index (χ4v) is 2.25. The van der Waals surface area contributed by atoms with Gasteiger partial charge in [0.05, 0.1) is 0 Å². The number of carboxylic acid groups (broad SMARTS) is 1. The summed E-state index contributed by atoms with van der Waals surface area (Å²) in [6.45, 7) is 1.51. The van der Waals surface area contributed by atoms with Crippen LogP contribution in [0.15, 0.2) is 48.5 Å². The Morgan fingerprint density at radius 1 is 1.20 bits per heavy atom. The summed E-state index contributed by atoms with van der Waals surface area (Å²) >= 11 is 6.08. The van der Waals surface area contributed by atoms with E-state index in [0.29, 0.717) is 16.3 Å².